The molecular weight excluding hydrogens is 462 g/mol. The van der Waals surface area contributed by atoms with Gasteiger partial charge in [-0.05, 0) is 43.7 Å². The second-order valence-electron chi connectivity index (χ2n) is 9.90. The number of unbranched alkanes of at least 4 members (excludes halogenated alkanes) is 9. The van der Waals surface area contributed by atoms with E-state index in [1.54, 1.807) is 12.5 Å². The first-order valence-electron chi connectivity index (χ1n) is 14.6. The first-order valence-corrected chi connectivity index (χ1v) is 14.6. The molecule has 0 amide bonds. The summed E-state index contributed by atoms with van der Waals surface area (Å²) in [6.45, 7) is 6.91. The van der Waals surface area contributed by atoms with Gasteiger partial charge in [-0.15, -0.1) is 0 Å². The topological polar surface area (TPSA) is 49.8 Å². The lowest BCUT2D eigenvalue weighted by molar-refractivity contribution is -0.0177. The summed E-state index contributed by atoms with van der Waals surface area (Å²) in [6, 6.07) is 12.3. The van der Waals surface area contributed by atoms with Crippen LogP contribution in [0.1, 0.15) is 114 Å². The number of ether oxygens (including phenoxy) is 4. The molecule has 1 atom stereocenters. The van der Waals surface area contributed by atoms with Crippen LogP contribution < -0.4 is 4.74 Å². The average molecular weight is 510 g/mol. The third-order valence-electron chi connectivity index (χ3n) is 6.74. The molecule has 0 aliphatic carbocycles. The monoisotopic (exact) mass is 509 g/mol. The summed E-state index contributed by atoms with van der Waals surface area (Å²) in [5, 5.41) is 0. The number of pyridine rings is 1. The van der Waals surface area contributed by atoms with Crippen molar-refractivity contribution < 1.29 is 18.9 Å². The van der Waals surface area contributed by atoms with Gasteiger partial charge in [0.1, 0.15) is 6.26 Å². The van der Waals surface area contributed by atoms with E-state index in [0.717, 1.165) is 50.0 Å². The van der Waals surface area contributed by atoms with E-state index in [2.05, 4.69) is 37.0 Å². The minimum Gasteiger partial charge on any atom is -0.478 e. The maximum absolute atomic E-state index is 6.18. The Morgan fingerprint density at radius 2 is 1.46 bits per heavy atom. The fourth-order valence-electron chi connectivity index (χ4n) is 4.48. The third-order valence-corrected chi connectivity index (χ3v) is 6.74. The first kappa shape index (κ1) is 29.0. The van der Waals surface area contributed by atoms with Crippen LogP contribution in [0.5, 0.6) is 5.88 Å². The van der Waals surface area contributed by atoms with Crippen molar-refractivity contribution in [1.82, 2.24) is 4.98 Å². The van der Waals surface area contributed by atoms with Gasteiger partial charge in [-0.3, -0.25) is 0 Å². The Morgan fingerprint density at radius 1 is 0.757 bits per heavy atom. The molecule has 3 rings (SSSR count). The Morgan fingerprint density at radius 3 is 2.24 bits per heavy atom. The Kier molecular flexibility index (Phi) is 14.0. The maximum atomic E-state index is 6.18. The molecule has 37 heavy (non-hydrogen) atoms. The van der Waals surface area contributed by atoms with Crippen LogP contribution in [0.2, 0.25) is 0 Å². The number of aromatic nitrogens is 1. The molecule has 0 saturated carbocycles. The van der Waals surface area contributed by atoms with E-state index in [1.807, 2.05) is 18.2 Å². The number of nitrogens with zero attached hydrogens (tertiary/aromatic N) is 1. The van der Waals surface area contributed by atoms with E-state index in [4.69, 9.17) is 18.9 Å². The second-order valence-corrected chi connectivity index (χ2v) is 9.90. The van der Waals surface area contributed by atoms with Crippen molar-refractivity contribution in [2.24, 2.45) is 0 Å². The highest BCUT2D eigenvalue weighted by atomic mass is 16.7. The molecule has 1 aromatic carbocycles. The molecule has 0 bridgehead atoms. The van der Waals surface area contributed by atoms with E-state index in [9.17, 15) is 0 Å². The van der Waals surface area contributed by atoms with Gasteiger partial charge in [-0.1, -0.05) is 89.5 Å². The van der Waals surface area contributed by atoms with Crippen LogP contribution in [0.15, 0.2) is 48.9 Å². The summed E-state index contributed by atoms with van der Waals surface area (Å²) in [5.74, 6) is 1.36. The molecule has 1 aromatic heterocycles. The molecule has 0 spiro atoms. The van der Waals surface area contributed by atoms with Crippen molar-refractivity contribution in [2.45, 2.75) is 104 Å². The zero-order valence-electron chi connectivity index (χ0n) is 23.1. The molecule has 204 valence electrons. The van der Waals surface area contributed by atoms with Gasteiger partial charge in [-0.2, -0.15) is 0 Å². The fourth-order valence-corrected chi connectivity index (χ4v) is 4.48. The van der Waals surface area contributed by atoms with E-state index in [-0.39, 0.29) is 0 Å². The molecule has 1 aliphatic rings. The summed E-state index contributed by atoms with van der Waals surface area (Å²) in [6.07, 6.45) is 18.7. The lowest BCUT2D eigenvalue weighted by Gasteiger charge is -2.16. The molecule has 1 aliphatic heterocycles. The van der Waals surface area contributed by atoms with Crippen molar-refractivity contribution >= 4 is 5.76 Å². The number of benzene rings is 1. The molecule has 5 nitrogen and oxygen atoms in total. The summed E-state index contributed by atoms with van der Waals surface area (Å²) >= 11 is 0. The van der Waals surface area contributed by atoms with Gasteiger partial charge in [0.15, 0.2) is 5.76 Å². The predicted octanol–water partition coefficient (Wildman–Crippen LogP) is 8.78. The molecule has 0 N–H and O–H groups in total. The van der Waals surface area contributed by atoms with Gasteiger partial charge in [0.25, 0.3) is 6.29 Å². The summed E-state index contributed by atoms with van der Waals surface area (Å²) in [7, 11) is 0. The molecule has 5 heteroatoms. The highest BCUT2D eigenvalue weighted by Gasteiger charge is 2.25. The van der Waals surface area contributed by atoms with Gasteiger partial charge in [0, 0.05) is 36.6 Å². The van der Waals surface area contributed by atoms with Gasteiger partial charge < -0.3 is 18.9 Å². The minimum atomic E-state index is -0.426. The molecule has 0 saturated heterocycles. The number of hydrogen-bond acceptors (Lipinski definition) is 5. The average Bonchev–Trinajstić information content (AvgIpc) is 3.42. The lowest BCUT2D eigenvalue weighted by Crippen LogP contribution is -2.05. The Labute approximate surface area is 224 Å². The quantitative estimate of drug-likeness (QED) is 0.167. The second kappa shape index (κ2) is 17.8. The van der Waals surface area contributed by atoms with Crippen molar-refractivity contribution in [2.75, 3.05) is 19.8 Å². The van der Waals surface area contributed by atoms with Gasteiger partial charge >= 0.3 is 0 Å². The fraction of sp³-hybridized carbons (Fsp3) is 0.594. The Bertz CT molecular complexity index is 896. The van der Waals surface area contributed by atoms with Gasteiger partial charge in [-0.25, -0.2) is 4.98 Å². The van der Waals surface area contributed by atoms with Crippen molar-refractivity contribution in [1.29, 1.82) is 0 Å². The number of hydrogen-bond donors (Lipinski definition) is 0. The third kappa shape index (κ3) is 10.8. The van der Waals surface area contributed by atoms with Crippen LogP contribution in [0, 0.1) is 0 Å². The maximum Gasteiger partial charge on any atom is 0.267 e. The molecular formula is C32H47NO4. The van der Waals surface area contributed by atoms with Gasteiger partial charge in [0.2, 0.25) is 5.88 Å². The predicted molar refractivity (Wildman–Crippen MR) is 150 cm³/mol. The number of rotatable bonds is 20. The summed E-state index contributed by atoms with van der Waals surface area (Å²) in [5.41, 5.74) is 3.24. The van der Waals surface area contributed by atoms with Crippen LogP contribution >= 0.6 is 0 Å². The van der Waals surface area contributed by atoms with E-state index in [1.165, 1.54) is 63.4 Å². The van der Waals surface area contributed by atoms with Crippen molar-refractivity contribution in [3.8, 4) is 5.88 Å². The molecule has 0 fully saturated rings. The van der Waals surface area contributed by atoms with Crippen LogP contribution in [0.3, 0.4) is 0 Å². The van der Waals surface area contributed by atoms with Crippen LogP contribution in [0.25, 0.3) is 5.76 Å². The Balaban J connectivity index is 1.38. The SMILES string of the molecule is CCCCCCCCOc1ccc(C2=COC(c3ccccc3CCCCOCCCCCC)O2)cn1. The zero-order chi connectivity index (χ0) is 26.0. The Hall–Kier alpha value is -2.53. The van der Waals surface area contributed by atoms with Gasteiger partial charge in [0.05, 0.1) is 6.61 Å². The minimum absolute atomic E-state index is 0.426. The van der Waals surface area contributed by atoms with E-state index < -0.39 is 6.29 Å². The highest BCUT2D eigenvalue weighted by molar-refractivity contribution is 5.59. The molecule has 0 radical (unpaired) electrons. The summed E-state index contributed by atoms with van der Waals surface area (Å²) < 4.78 is 23.7. The lowest BCUT2D eigenvalue weighted by atomic mass is 10.0. The van der Waals surface area contributed by atoms with E-state index in [0.29, 0.717) is 18.2 Å². The molecule has 2 aromatic rings. The largest absolute Gasteiger partial charge is 0.478 e. The smallest absolute Gasteiger partial charge is 0.267 e. The normalized spacial score (nSPS) is 14.8. The summed E-state index contributed by atoms with van der Waals surface area (Å²) in [4.78, 5) is 4.46. The van der Waals surface area contributed by atoms with E-state index >= 15 is 0 Å². The molecule has 1 unspecified atom stereocenters. The highest BCUT2D eigenvalue weighted by Crippen LogP contribution is 2.35. The van der Waals surface area contributed by atoms with Crippen LogP contribution in [0.4, 0.5) is 0 Å². The van der Waals surface area contributed by atoms with Crippen LogP contribution in [-0.2, 0) is 20.6 Å². The van der Waals surface area contributed by atoms with Crippen LogP contribution in [-0.4, -0.2) is 24.8 Å². The molecule has 2 heterocycles. The van der Waals surface area contributed by atoms with Crippen molar-refractivity contribution in [3.63, 3.8) is 0 Å². The first-order chi connectivity index (χ1) is 18.3. The standard InChI is InChI=1S/C32H47NO4/c1-3-5-7-9-10-15-24-35-31-21-20-28(25-33-31)30-26-36-32(37-30)29-19-12-11-17-27(29)18-13-16-23-34-22-14-8-6-4-2/h11-12,17,19-21,25-26,32H,3-10,13-16,18,22-24H2,1-2H3. The zero-order valence-corrected chi connectivity index (χ0v) is 23.1. The van der Waals surface area contributed by atoms with Crippen molar-refractivity contribution in [3.05, 3.63) is 65.5 Å². The number of aryl methyl sites for hydroxylation is 1.